The predicted octanol–water partition coefficient (Wildman–Crippen LogP) is 9.14. The monoisotopic (exact) mass is 556 g/mol. The van der Waals surface area contributed by atoms with E-state index >= 15 is 0 Å². The molecule has 4 heteroatoms. The summed E-state index contributed by atoms with van der Waals surface area (Å²) in [7, 11) is 0. The zero-order valence-corrected chi connectivity index (χ0v) is 26.2. The second-order valence-electron chi connectivity index (χ2n) is 15.9. The molecular weight excluding hydrogens is 496 g/mol. The fourth-order valence-corrected chi connectivity index (χ4v) is 12.1. The summed E-state index contributed by atoms with van der Waals surface area (Å²) in [6.07, 6.45) is 15.7. The van der Waals surface area contributed by atoms with Crippen LogP contribution in [0.15, 0.2) is 24.3 Å². The van der Waals surface area contributed by atoms with Gasteiger partial charge < -0.3 is 14.2 Å². The van der Waals surface area contributed by atoms with Gasteiger partial charge in [-0.05, 0) is 147 Å². The van der Waals surface area contributed by atoms with Crippen molar-refractivity contribution in [3.05, 3.63) is 24.3 Å². The molecule has 0 aromatic heterocycles. The van der Waals surface area contributed by atoms with E-state index in [0.717, 1.165) is 38.4 Å². The third kappa shape index (κ3) is 4.23. The van der Waals surface area contributed by atoms with E-state index in [1.54, 1.807) is 6.92 Å². The standard InChI is InChI=1S/C36H56O4.2H2/c1-23(2)26-13-18-36(22-39-31-10-8-9-21-38-31)20-19-34(6)28(32(26)36)11-12-30-33(5)16-15-29(40-25(4)37)24(3)27(33)14-17-35(30,34)7;;/h26-32H,1,3,8-22H2,2,4-7H3;2*1H/t26-,27?,28+,29-,30?,31?,32+,33-,34+,35+,36+;;/m0../s1. The molecular formula is C36H60O4. The van der Waals surface area contributed by atoms with Crippen molar-refractivity contribution in [2.24, 2.45) is 51.2 Å². The van der Waals surface area contributed by atoms with Gasteiger partial charge in [0.15, 0.2) is 6.29 Å². The van der Waals surface area contributed by atoms with Crippen LogP contribution in [0, 0.1) is 51.2 Å². The number of allylic oxidation sites excluding steroid dienone is 1. The minimum Gasteiger partial charge on any atom is -0.458 e. The molecule has 5 saturated carbocycles. The van der Waals surface area contributed by atoms with Crippen molar-refractivity contribution in [2.75, 3.05) is 13.2 Å². The van der Waals surface area contributed by atoms with Crippen molar-refractivity contribution in [1.29, 1.82) is 0 Å². The molecule has 6 aliphatic rings. The summed E-state index contributed by atoms with van der Waals surface area (Å²) < 4.78 is 18.4. The lowest BCUT2D eigenvalue weighted by atomic mass is 9.33. The number of hydrogen-bond acceptors (Lipinski definition) is 4. The number of fused-ring (bicyclic) bond motifs is 7. The normalized spacial score (nSPS) is 50.2. The molecule has 3 unspecified atom stereocenters. The first-order valence-electron chi connectivity index (χ1n) is 16.7. The number of carbonyl (C=O) groups is 1. The van der Waals surface area contributed by atoms with Crippen LogP contribution in [0.5, 0.6) is 0 Å². The fourth-order valence-electron chi connectivity index (χ4n) is 12.1. The van der Waals surface area contributed by atoms with Gasteiger partial charge in [-0.2, -0.15) is 0 Å². The molecule has 0 bridgehead atoms. The third-order valence-electron chi connectivity index (χ3n) is 14.3. The van der Waals surface area contributed by atoms with Crippen molar-refractivity contribution in [3.63, 3.8) is 0 Å². The topological polar surface area (TPSA) is 44.8 Å². The van der Waals surface area contributed by atoms with E-state index in [1.165, 1.54) is 75.4 Å². The van der Waals surface area contributed by atoms with E-state index in [-0.39, 0.29) is 32.0 Å². The molecule has 0 spiro atoms. The molecule has 0 aromatic rings. The van der Waals surface area contributed by atoms with Crippen LogP contribution in [0.25, 0.3) is 0 Å². The van der Waals surface area contributed by atoms with Crippen molar-refractivity contribution in [3.8, 4) is 0 Å². The third-order valence-corrected chi connectivity index (χ3v) is 14.3. The average Bonchev–Trinajstić information content (AvgIpc) is 3.30. The van der Waals surface area contributed by atoms with E-state index in [2.05, 4.69) is 40.9 Å². The first kappa shape index (κ1) is 29.0. The number of carbonyl (C=O) groups excluding carboxylic acids is 1. The molecule has 4 nitrogen and oxygen atoms in total. The van der Waals surface area contributed by atoms with Gasteiger partial charge in [0.2, 0.25) is 0 Å². The van der Waals surface area contributed by atoms with E-state index in [9.17, 15) is 4.79 Å². The highest BCUT2D eigenvalue weighted by atomic mass is 16.7. The minimum absolute atomic E-state index is 0. The Bertz CT molecular complexity index is 1040. The first-order chi connectivity index (χ1) is 19.0. The van der Waals surface area contributed by atoms with Crippen LogP contribution in [0.4, 0.5) is 0 Å². The molecule has 0 amide bonds. The Morgan fingerprint density at radius 1 is 0.950 bits per heavy atom. The van der Waals surface area contributed by atoms with Gasteiger partial charge in [0.1, 0.15) is 6.10 Å². The van der Waals surface area contributed by atoms with Gasteiger partial charge in [-0.3, -0.25) is 4.79 Å². The molecule has 1 heterocycles. The zero-order valence-electron chi connectivity index (χ0n) is 26.2. The van der Waals surface area contributed by atoms with Gasteiger partial charge in [-0.1, -0.05) is 39.5 Å². The van der Waals surface area contributed by atoms with Crippen LogP contribution in [-0.4, -0.2) is 31.6 Å². The minimum atomic E-state index is -0.170. The summed E-state index contributed by atoms with van der Waals surface area (Å²) >= 11 is 0. The predicted molar refractivity (Wildman–Crippen MR) is 164 cm³/mol. The molecule has 5 aliphatic carbocycles. The second kappa shape index (κ2) is 10.2. The first-order valence-corrected chi connectivity index (χ1v) is 16.7. The lowest BCUT2D eigenvalue weighted by molar-refractivity contribution is -0.237. The Labute approximate surface area is 247 Å². The number of ether oxygens (including phenoxy) is 3. The van der Waals surface area contributed by atoms with Crippen LogP contribution in [-0.2, 0) is 19.0 Å². The lowest BCUT2D eigenvalue weighted by Crippen LogP contribution is -2.65. The summed E-state index contributed by atoms with van der Waals surface area (Å²) in [6.45, 7) is 22.7. The summed E-state index contributed by atoms with van der Waals surface area (Å²) in [5.41, 5.74) is 3.75. The molecule has 228 valence electrons. The Morgan fingerprint density at radius 2 is 1.75 bits per heavy atom. The molecule has 40 heavy (non-hydrogen) atoms. The number of hydrogen-bond donors (Lipinski definition) is 0. The van der Waals surface area contributed by atoms with E-state index < -0.39 is 0 Å². The smallest absolute Gasteiger partial charge is 0.303 e. The summed E-state index contributed by atoms with van der Waals surface area (Å²) in [5.74, 6) is 3.00. The van der Waals surface area contributed by atoms with Crippen LogP contribution < -0.4 is 0 Å². The van der Waals surface area contributed by atoms with Gasteiger partial charge in [0.25, 0.3) is 0 Å². The maximum atomic E-state index is 11.8. The van der Waals surface area contributed by atoms with E-state index in [1.807, 2.05) is 0 Å². The highest BCUT2D eigenvalue weighted by molar-refractivity contribution is 5.66. The maximum Gasteiger partial charge on any atom is 0.303 e. The molecule has 11 atom stereocenters. The molecule has 6 fully saturated rings. The average molecular weight is 557 g/mol. The Hall–Kier alpha value is -1.13. The Morgan fingerprint density at radius 3 is 2.45 bits per heavy atom. The second-order valence-corrected chi connectivity index (χ2v) is 15.9. The van der Waals surface area contributed by atoms with Gasteiger partial charge in [-0.15, -0.1) is 0 Å². The highest BCUT2D eigenvalue weighted by Crippen LogP contribution is 2.76. The van der Waals surface area contributed by atoms with Crippen LogP contribution in [0.1, 0.15) is 121 Å². The van der Waals surface area contributed by atoms with Crippen molar-refractivity contribution in [1.82, 2.24) is 0 Å². The maximum absolute atomic E-state index is 11.8. The van der Waals surface area contributed by atoms with Gasteiger partial charge in [0.05, 0.1) is 6.61 Å². The van der Waals surface area contributed by atoms with Gasteiger partial charge >= 0.3 is 5.97 Å². The highest BCUT2D eigenvalue weighted by Gasteiger charge is 2.70. The summed E-state index contributed by atoms with van der Waals surface area (Å²) in [4.78, 5) is 11.8. The largest absolute Gasteiger partial charge is 0.458 e. The van der Waals surface area contributed by atoms with Crippen molar-refractivity contribution in [2.45, 2.75) is 130 Å². The van der Waals surface area contributed by atoms with Crippen LogP contribution in [0.3, 0.4) is 0 Å². The number of rotatable bonds is 5. The van der Waals surface area contributed by atoms with Crippen LogP contribution >= 0.6 is 0 Å². The van der Waals surface area contributed by atoms with E-state index in [0.29, 0.717) is 34.5 Å². The summed E-state index contributed by atoms with van der Waals surface area (Å²) in [5, 5.41) is 0. The SMILES string of the molecule is C=C1C2CC[C@]3(C)C(CC[C@@H]4[C@H]5[C@H](C(=C)C)CC[C@]5(COC5CCCCO5)CC[C@]43C)[C@@]2(C)CC[C@@H]1OC(C)=O.[HH].[HH]. The Balaban J connectivity index is 0.00000202. The molecule has 1 aliphatic heterocycles. The van der Waals surface area contributed by atoms with Crippen LogP contribution in [0.2, 0.25) is 0 Å². The fraction of sp³-hybridized carbons (Fsp3) is 0.861. The Kier molecular flexibility index (Phi) is 7.42. The van der Waals surface area contributed by atoms with E-state index in [4.69, 9.17) is 14.2 Å². The lowest BCUT2D eigenvalue weighted by Gasteiger charge is -2.71. The molecule has 1 saturated heterocycles. The molecule has 0 N–H and O–H groups in total. The zero-order chi connectivity index (χ0) is 28.5. The van der Waals surface area contributed by atoms with Gasteiger partial charge in [0, 0.05) is 16.4 Å². The molecule has 0 radical (unpaired) electrons. The quantitative estimate of drug-likeness (QED) is 0.250. The number of esters is 1. The molecule has 0 aromatic carbocycles. The summed E-state index contributed by atoms with van der Waals surface area (Å²) in [6, 6.07) is 0. The molecule has 6 rings (SSSR count). The van der Waals surface area contributed by atoms with Crippen molar-refractivity contribution >= 4 is 5.97 Å². The van der Waals surface area contributed by atoms with Crippen molar-refractivity contribution < 1.29 is 21.9 Å². The van der Waals surface area contributed by atoms with Gasteiger partial charge in [-0.25, -0.2) is 0 Å².